The van der Waals surface area contributed by atoms with Crippen LogP contribution < -0.4 is 10.6 Å². The van der Waals surface area contributed by atoms with Crippen LogP contribution in [0.4, 0.5) is 0 Å². The Morgan fingerprint density at radius 1 is 1.33 bits per heavy atom. The molecule has 0 bridgehead atoms. The Labute approximate surface area is 151 Å². The molecule has 0 spiro atoms. The molecule has 1 aromatic carbocycles. The molecule has 0 fully saturated rings. The third-order valence-corrected chi connectivity index (χ3v) is 4.41. The zero-order valence-corrected chi connectivity index (χ0v) is 16.0. The van der Waals surface area contributed by atoms with Crippen LogP contribution in [0.1, 0.15) is 38.2 Å². The zero-order valence-electron chi connectivity index (χ0n) is 14.5. The summed E-state index contributed by atoms with van der Waals surface area (Å²) in [6.07, 6.45) is 2.64. The van der Waals surface area contributed by atoms with Crippen LogP contribution in [0.2, 0.25) is 0 Å². The number of aliphatic imine (C=N–C) groups is 1. The number of halogens is 1. The van der Waals surface area contributed by atoms with Gasteiger partial charge in [0.2, 0.25) is 0 Å². The third kappa shape index (κ3) is 5.06. The summed E-state index contributed by atoms with van der Waals surface area (Å²) in [4.78, 5) is 4.66. The molecular formula is C17H25BrN6. The van der Waals surface area contributed by atoms with E-state index in [1.54, 1.807) is 6.33 Å². The number of nitrogens with zero attached hydrogens (tertiary/aromatic N) is 4. The minimum Gasteiger partial charge on any atom is -0.357 e. The summed E-state index contributed by atoms with van der Waals surface area (Å²) in [5, 5.41) is 14.8. The summed E-state index contributed by atoms with van der Waals surface area (Å²) in [7, 11) is 0. The first-order valence-corrected chi connectivity index (χ1v) is 9.11. The number of benzene rings is 1. The van der Waals surface area contributed by atoms with Gasteiger partial charge in [0.1, 0.15) is 12.2 Å². The van der Waals surface area contributed by atoms with E-state index >= 15 is 0 Å². The molecule has 2 aromatic rings. The van der Waals surface area contributed by atoms with E-state index in [4.69, 9.17) is 0 Å². The van der Waals surface area contributed by atoms with Gasteiger partial charge in [-0.25, -0.2) is 0 Å². The normalized spacial score (nSPS) is 12.9. The molecule has 0 amide bonds. The zero-order chi connectivity index (χ0) is 17.4. The lowest BCUT2D eigenvalue weighted by atomic mass is 10.1. The summed E-state index contributed by atoms with van der Waals surface area (Å²) in [5.41, 5.74) is 1.20. The van der Waals surface area contributed by atoms with Gasteiger partial charge in [-0.3, -0.25) is 4.99 Å². The average molecular weight is 393 g/mol. The van der Waals surface area contributed by atoms with Crippen LogP contribution in [0.15, 0.2) is 40.1 Å². The SMILES string of the molecule is CCNC(=NCCn1cnnc1CC)NC(C)c1ccccc1Br. The summed E-state index contributed by atoms with van der Waals surface area (Å²) in [5.74, 6) is 1.80. The molecule has 0 aliphatic rings. The van der Waals surface area contributed by atoms with Crippen molar-refractivity contribution in [1.82, 2.24) is 25.4 Å². The van der Waals surface area contributed by atoms with E-state index in [9.17, 15) is 0 Å². The molecule has 2 N–H and O–H groups in total. The number of hydrogen-bond donors (Lipinski definition) is 2. The quantitative estimate of drug-likeness (QED) is 0.561. The molecular weight excluding hydrogens is 368 g/mol. The Bertz CT molecular complexity index is 667. The first kappa shape index (κ1) is 18.4. The lowest BCUT2D eigenvalue weighted by Gasteiger charge is -2.19. The summed E-state index contributed by atoms with van der Waals surface area (Å²) < 4.78 is 3.14. The first-order chi connectivity index (χ1) is 11.7. The fraction of sp³-hybridized carbons (Fsp3) is 0.471. The molecule has 1 unspecified atom stereocenters. The molecule has 24 heavy (non-hydrogen) atoms. The van der Waals surface area contributed by atoms with Gasteiger partial charge in [-0.15, -0.1) is 10.2 Å². The van der Waals surface area contributed by atoms with E-state index in [-0.39, 0.29) is 6.04 Å². The van der Waals surface area contributed by atoms with E-state index in [1.165, 1.54) is 5.56 Å². The Morgan fingerprint density at radius 2 is 2.12 bits per heavy atom. The van der Waals surface area contributed by atoms with Crippen molar-refractivity contribution in [2.24, 2.45) is 4.99 Å². The fourth-order valence-corrected chi connectivity index (χ4v) is 3.07. The van der Waals surface area contributed by atoms with E-state index in [2.05, 4.69) is 74.7 Å². The molecule has 0 aliphatic carbocycles. The number of guanidine groups is 1. The van der Waals surface area contributed by atoms with Crippen molar-refractivity contribution >= 4 is 21.9 Å². The molecule has 1 aromatic heterocycles. The number of hydrogen-bond acceptors (Lipinski definition) is 3. The number of nitrogens with one attached hydrogen (secondary N) is 2. The van der Waals surface area contributed by atoms with Crippen LogP contribution in [-0.2, 0) is 13.0 Å². The number of aromatic nitrogens is 3. The molecule has 6 nitrogen and oxygen atoms in total. The molecule has 0 radical (unpaired) electrons. The van der Waals surface area contributed by atoms with E-state index in [0.717, 1.165) is 35.8 Å². The molecule has 0 saturated heterocycles. The highest BCUT2D eigenvalue weighted by molar-refractivity contribution is 9.10. The van der Waals surface area contributed by atoms with Crippen molar-refractivity contribution in [3.05, 3.63) is 46.5 Å². The van der Waals surface area contributed by atoms with Gasteiger partial charge in [-0.2, -0.15) is 0 Å². The first-order valence-electron chi connectivity index (χ1n) is 8.31. The second-order valence-electron chi connectivity index (χ2n) is 5.44. The van der Waals surface area contributed by atoms with E-state index < -0.39 is 0 Å². The molecule has 1 atom stereocenters. The Balaban J connectivity index is 1.99. The largest absolute Gasteiger partial charge is 0.357 e. The van der Waals surface area contributed by atoms with Gasteiger partial charge in [0.05, 0.1) is 12.6 Å². The fourth-order valence-electron chi connectivity index (χ4n) is 2.44. The van der Waals surface area contributed by atoms with Gasteiger partial charge >= 0.3 is 0 Å². The summed E-state index contributed by atoms with van der Waals surface area (Å²) in [6, 6.07) is 8.37. The van der Waals surface area contributed by atoms with Crippen molar-refractivity contribution in [3.63, 3.8) is 0 Å². The predicted molar refractivity (Wildman–Crippen MR) is 101 cm³/mol. The van der Waals surface area contributed by atoms with Gasteiger partial charge in [0, 0.05) is 24.0 Å². The lowest BCUT2D eigenvalue weighted by molar-refractivity contribution is 0.649. The standard InChI is InChI=1S/C17H25BrN6/c1-4-16-23-21-12-24(16)11-10-20-17(19-5-2)22-13(3)14-8-6-7-9-15(14)18/h6-9,12-13H,4-5,10-11H2,1-3H3,(H2,19,20,22). The average Bonchev–Trinajstić information content (AvgIpc) is 3.03. The van der Waals surface area contributed by atoms with E-state index in [1.807, 2.05) is 16.7 Å². The highest BCUT2D eigenvalue weighted by Gasteiger charge is 2.10. The molecule has 7 heteroatoms. The maximum absolute atomic E-state index is 4.66. The Morgan fingerprint density at radius 3 is 2.83 bits per heavy atom. The molecule has 2 rings (SSSR count). The third-order valence-electron chi connectivity index (χ3n) is 3.69. The summed E-state index contributed by atoms with van der Waals surface area (Å²) >= 11 is 3.60. The topological polar surface area (TPSA) is 67.1 Å². The van der Waals surface area contributed by atoms with E-state index in [0.29, 0.717) is 6.54 Å². The van der Waals surface area contributed by atoms with Crippen LogP contribution in [-0.4, -0.2) is 33.8 Å². The highest BCUT2D eigenvalue weighted by atomic mass is 79.9. The van der Waals surface area contributed by atoms with Crippen LogP contribution in [0.5, 0.6) is 0 Å². The number of aryl methyl sites for hydroxylation is 1. The molecule has 130 valence electrons. The van der Waals surface area contributed by atoms with Gasteiger partial charge in [0.25, 0.3) is 0 Å². The molecule has 1 heterocycles. The smallest absolute Gasteiger partial charge is 0.191 e. The maximum atomic E-state index is 4.66. The second-order valence-corrected chi connectivity index (χ2v) is 6.30. The minimum absolute atomic E-state index is 0.152. The monoisotopic (exact) mass is 392 g/mol. The van der Waals surface area contributed by atoms with Gasteiger partial charge < -0.3 is 15.2 Å². The molecule has 0 aliphatic heterocycles. The molecule has 0 saturated carbocycles. The van der Waals surface area contributed by atoms with Gasteiger partial charge in [0.15, 0.2) is 5.96 Å². The van der Waals surface area contributed by atoms with Crippen molar-refractivity contribution in [2.75, 3.05) is 13.1 Å². The van der Waals surface area contributed by atoms with Gasteiger partial charge in [-0.05, 0) is 25.5 Å². The van der Waals surface area contributed by atoms with Crippen LogP contribution >= 0.6 is 15.9 Å². The Hall–Kier alpha value is -1.89. The highest BCUT2D eigenvalue weighted by Crippen LogP contribution is 2.22. The minimum atomic E-state index is 0.152. The van der Waals surface area contributed by atoms with Crippen LogP contribution in [0.25, 0.3) is 0 Å². The Kier molecular flexibility index (Phi) is 7.24. The van der Waals surface area contributed by atoms with Crippen molar-refractivity contribution in [1.29, 1.82) is 0 Å². The van der Waals surface area contributed by atoms with Crippen molar-refractivity contribution in [3.8, 4) is 0 Å². The lowest BCUT2D eigenvalue weighted by Crippen LogP contribution is -2.39. The van der Waals surface area contributed by atoms with Crippen molar-refractivity contribution < 1.29 is 0 Å². The second kappa shape index (κ2) is 9.42. The van der Waals surface area contributed by atoms with Crippen LogP contribution in [0, 0.1) is 0 Å². The predicted octanol–water partition coefficient (Wildman–Crippen LogP) is 2.92. The van der Waals surface area contributed by atoms with Gasteiger partial charge in [-0.1, -0.05) is 41.1 Å². The maximum Gasteiger partial charge on any atom is 0.191 e. The summed E-state index contributed by atoms with van der Waals surface area (Å²) in [6.45, 7) is 8.53. The van der Waals surface area contributed by atoms with Crippen LogP contribution in [0.3, 0.4) is 0 Å². The number of rotatable bonds is 7. The van der Waals surface area contributed by atoms with Crippen molar-refractivity contribution in [2.45, 2.75) is 39.8 Å².